The molecule has 0 aliphatic heterocycles. The van der Waals surface area contributed by atoms with Gasteiger partial charge in [0.15, 0.2) is 5.90 Å². The van der Waals surface area contributed by atoms with Gasteiger partial charge in [0.1, 0.15) is 0 Å². The van der Waals surface area contributed by atoms with E-state index in [0.29, 0.717) is 0 Å². The molecule has 0 bridgehead atoms. The molecule has 0 saturated heterocycles. The molecule has 0 aromatic carbocycles. The quantitative estimate of drug-likeness (QED) is 0.305. The van der Waals surface area contributed by atoms with Crippen molar-refractivity contribution >= 4 is 15.2 Å². The predicted molar refractivity (Wildman–Crippen MR) is 80.6 cm³/mol. The molecular weight excluding hydrogens is 304 g/mol. The van der Waals surface area contributed by atoms with Gasteiger partial charge in [-0.3, -0.25) is 9.13 Å². The smallest absolute Gasteiger partial charge is 0.330 e. The largest absolute Gasteiger partial charge is 0.337 e. The Labute approximate surface area is 121 Å². The highest BCUT2D eigenvalue weighted by Crippen LogP contribution is 2.51. The van der Waals surface area contributed by atoms with E-state index in [1.807, 2.05) is 0 Å². The van der Waals surface area contributed by atoms with Crippen molar-refractivity contribution in [3.05, 3.63) is 0 Å². The third-order valence-electron chi connectivity index (χ3n) is 2.43. The number of unbranched alkanes of at least 4 members (excludes halogenated alkanes) is 7. The summed E-state index contributed by atoms with van der Waals surface area (Å²) in [4.78, 5) is 31.9. The van der Waals surface area contributed by atoms with Crippen molar-refractivity contribution in [2.24, 2.45) is 5.73 Å². The van der Waals surface area contributed by atoms with E-state index < -0.39 is 21.1 Å². The van der Waals surface area contributed by atoms with Crippen LogP contribution in [0.2, 0.25) is 0 Å². The van der Waals surface area contributed by atoms with Gasteiger partial charge < -0.3 is 25.3 Å². The number of rotatable bonds is 10. The molecular formula is C11H29NO6P2. The lowest BCUT2D eigenvalue weighted by Crippen LogP contribution is -1.97. The fourth-order valence-corrected chi connectivity index (χ4v) is 3.44. The molecule has 0 fully saturated rings. The van der Waals surface area contributed by atoms with Crippen LogP contribution in [0.15, 0.2) is 0 Å². The summed E-state index contributed by atoms with van der Waals surface area (Å²) < 4.78 is 19.7. The monoisotopic (exact) mass is 333 g/mol. The number of hydrogen-bond acceptors (Lipinski definition) is 3. The van der Waals surface area contributed by atoms with Crippen LogP contribution in [0.5, 0.6) is 0 Å². The fourth-order valence-electron chi connectivity index (χ4n) is 1.52. The van der Waals surface area contributed by atoms with Crippen molar-refractivity contribution in [2.75, 3.05) is 12.4 Å². The zero-order valence-corrected chi connectivity index (χ0v) is 13.9. The van der Waals surface area contributed by atoms with Crippen LogP contribution >= 0.6 is 15.2 Å². The lowest BCUT2D eigenvalue weighted by molar-refractivity contribution is 0.357. The van der Waals surface area contributed by atoms with E-state index in [1.54, 1.807) is 0 Å². The minimum Gasteiger partial charge on any atom is -0.330 e. The maximum atomic E-state index is 9.85. The van der Waals surface area contributed by atoms with Crippen molar-refractivity contribution in [1.29, 1.82) is 0 Å². The zero-order chi connectivity index (χ0) is 16.1. The Hall–Kier alpha value is 0.260. The van der Waals surface area contributed by atoms with Crippen molar-refractivity contribution in [1.82, 2.24) is 0 Å². The molecule has 7 nitrogen and oxygen atoms in total. The van der Waals surface area contributed by atoms with E-state index in [1.165, 1.54) is 51.4 Å². The Kier molecular flexibility index (Phi) is 14.6. The highest BCUT2D eigenvalue weighted by molar-refractivity contribution is 7.69. The topological polar surface area (TPSA) is 141 Å². The molecule has 0 amide bonds. The molecule has 9 heteroatoms. The lowest BCUT2D eigenvalue weighted by atomic mass is 10.1. The third kappa shape index (κ3) is 26.8. The van der Waals surface area contributed by atoms with Crippen molar-refractivity contribution in [2.45, 2.75) is 58.3 Å². The van der Waals surface area contributed by atoms with E-state index in [9.17, 15) is 9.13 Å². The molecule has 0 rings (SSSR count). The van der Waals surface area contributed by atoms with Gasteiger partial charge in [0.05, 0.1) is 0 Å². The summed E-state index contributed by atoms with van der Waals surface area (Å²) in [5.41, 5.74) is 5.39. The summed E-state index contributed by atoms with van der Waals surface area (Å²) in [5, 5.41) is 0. The van der Waals surface area contributed by atoms with Gasteiger partial charge in [-0.25, -0.2) is 0 Å². The van der Waals surface area contributed by atoms with Gasteiger partial charge >= 0.3 is 15.2 Å². The van der Waals surface area contributed by atoms with Crippen molar-refractivity contribution in [3.63, 3.8) is 0 Å². The van der Waals surface area contributed by atoms with Gasteiger partial charge in [-0.15, -0.1) is 0 Å². The van der Waals surface area contributed by atoms with Crippen LogP contribution in [0.4, 0.5) is 0 Å². The summed E-state index contributed by atoms with van der Waals surface area (Å²) in [5.74, 6) is -1.38. The summed E-state index contributed by atoms with van der Waals surface area (Å²) in [7, 11) is -9.10. The van der Waals surface area contributed by atoms with Crippen LogP contribution in [0.3, 0.4) is 0 Å². The van der Waals surface area contributed by atoms with Gasteiger partial charge in [0.25, 0.3) is 0 Å². The second-order valence-electron chi connectivity index (χ2n) is 4.73. The van der Waals surface area contributed by atoms with Gasteiger partial charge in [0, 0.05) is 0 Å². The number of nitrogens with two attached hydrogens (primary N) is 1. The fraction of sp³-hybridized carbons (Fsp3) is 1.00. The molecule has 124 valence electrons. The van der Waals surface area contributed by atoms with E-state index in [4.69, 9.17) is 25.3 Å². The molecule has 20 heavy (non-hydrogen) atoms. The normalized spacial score (nSPS) is 11.9. The van der Waals surface area contributed by atoms with Crippen LogP contribution in [0, 0.1) is 0 Å². The maximum Gasteiger partial charge on any atom is 0.337 e. The first-order valence-corrected chi connectivity index (χ1v) is 10.5. The SMILES string of the molecule is CCCCCCCCCCN.O=P(O)(O)CP(=O)(O)O. The third-order valence-corrected chi connectivity index (χ3v) is 5.37. The Bertz CT molecular complexity index is 273. The van der Waals surface area contributed by atoms with Crippen LogP contribution in [-0.4, -0.2) is 32.0 Å². The van der Waals surface area contributed by atoms with E-state index in [-0.39, 0.29) is 0 Å². The van der Waals surface area contributed by atoms with E-state index >= 15 is 0 Å². The van der Waals surface area contributed by atoms with Gasteiger partial charge in [-0.05, 0) is 13.0 Å². The summed E-state index contributed by atoms with van der Waals surface area (Å²) in [6.07, 6.45) is 11.0. The Balaban J connectivity index is 0. The number of hydrogen-bond donors (Lipinski definition) is 5. The lowest BCUT2D eigenvalue weighted by Gasteiger charge is -2.03. The molecule has 0 atom stereocenters. The molecule has 0 unspecified atom stereocenters. The highest BCUT2D eigenvalue weighted by atomic mass is 31.2. The Morgan fingerprint density at radius 1 is 0.750 bits per heavy atom. The summed E-state index contributed by atoms with van der Waals surface area (Å²) >= 11 is 0. The van der Waals surface area contributed by atoms with Crippen molar-refractivity contribution < 1.29 is 28.7 Å². The Morgan fingerprint density at radius 3 is 1.35 bits per heavy atom. The van der Waals surface area contributed by atoms with Crippen LogP contribution in [0.1, 0.15) is 58.3 Å². The minimum atomic E-state index is -4.55. The second-order valence-corrected chi connectivity index (χ2v) is 8.52. The Morgan fingerprint density at radius 2 is 1.10 bits per heavy atom. The molecule has 0 radical (unpaired) electrons. The van der Waals surface area contributed by atoms with Crippen LogP contribution < -0.4 is 5.73 Å². The predicted octanol–water partition coefficient (Wildman–Crippen LogP) is 2.39. The minimum absolute atomic E-state index is 0.870. The zero-order valence-electron chi connectivity index (χ0n) is 12.1. The molecule has 0 aromatic rings. The molecule has 0 saturated carbocycles. The van der Waals surface area contributed by atoms with Crippen LogP contribution in [0.25, 0.3) is 0 Å². The van der Waals surface area contributed by atoms with Crippen molar-refractivity contribution in [3.8, 4) is 0 Å². The first kappa shape index (κ1) is 22.5. The molecule has 0 aliphatic carbocycles. The van der Waals surface area contributed by atoms with E-state index in [0.717, 1.165) is 6.54 Å². The summed E-state index contributed by atoms with van der Waals surface area (Å²) in [6, 6.07) is 0. The van der Waals surface area contributed by atoms with Gasteiger partial charge in [-0.2, -0.15) is 0 Å². The molecule has 0 heterocycles. The average molecular weight is 333 g/mol. The van der Waals surface area contributed by atoms with Gasteiger partial charge in [-0.1, -0.05) is 51.9 Å². The van der Waals surface area contributed by atoms with Crippen LogP contribution in [-0.2, 0) is 9.13 Å². The maximum absolute atomic E-state index is 9.85. The molecule has 0 aliphatic rings. The molecule has 0 spiro atoms. The highest BCUT2D eigenvalue weighted by Gasteiger charge is 2.26. The first-order valence-electron chi connectivity index (χ1n) is 6.91. The average Bonchev–Trinajstić information content (AvgIpc) is 2.24. The molecule has 0 aromatic heterocycles. The van der Waals surface area contributed by atoms with E-state index in [2.05, 4.69) is 6.92 Å². The standard InChI is InChI=1S/C10H23N.CH6O6P2/c1-2-3-4-5-6-7-8-9-10-11;2-8(3,4)1-9(5,6)7/h2-11H2,1H3;1H2,(H2,2,3,4)(H2,5,6,7). The first-order chi connectivity index (χ1) is 9.12. The van der Waals surface area contributed by atoms with Gasteiger partial charge in [0.2, 0.25) is 0 Å². The summed E-state index contributed by atoms with van der Waals surface area (Å²) in [6.45, 7) is 3.13. The second kappa shape index (κ2) is 13.0. The molecule has 6 N–H and O–H groups in total.